The molecule has 0 saturated carbocycles. The zero-order valence-corrected chi connectivity index (χ0v) is 10.0. The summed E-state index contributed by atoms with van der Waals surface area (Å²) < 4.78 is 20.5. The minimum Gasteiger partial charge on any atom is -0.359 e. The normalized spacial score (nSPS) is 28.7. The lowest BCUT2D eigenvalue weighted by atomic mass is 10.0. The Balaban J connectivity index is 2.59. The lowest BCUT2D eigenvalue weighted by molar-refractivity contribution is -0.132. The quantitative estimate of drug-likeness (QED) is 0.300. The van der Waals surface area contributed by atoms with Crippen molar-refractivity contribution >= 4 is 0 Å². The fourth-order valence-corrected chi connectivity index (χ4v) is 1.68. The molecule has 1 fully saturated rings. The molecule has 1 rings (SSSR count). The molecule has 0 radical (unpaired) electrons. The molecule has 2 atom stereocenters. The molecule has 98 valence electrons. The topological polar surface area (TPSA) is 97.7 Å². The number of ether oxygens (including phenoxy) is 4. The third-order valence-corrected chi connectivity index (χ3v) is 2.44. The van der Waals surface area contributed by atoms with Crippen LogP contribution in [0.4, 0.5) is 0 Å². The van der Waals surface area contributed by atoms with Crippen molar-refractivity contribution in [2.75, 3.05) is 40.9 Å². The largest absolute Gasteiger partial charge is 0.359 e. The highest BCUT2D eigenvalue weighted by Gasteiger charge is 2.34. The summed E-state index contributed by atoms with van der Waals surface area (Å²) >= 11 is 0. The number of nitrogens with zero attached hydrogens (tertiary/aromatic N) is 3. The summed E-state index contributed by atoms with van der Waals surface area (Å²) in [6.07, 6.45) is -0.525. The van der Waals surface area contributed by atoms with E-state index in [0.29, 0.717) is 13.1 Å². The number of hydrogen-bond donors (Lipinski definition) is 1. The Bertz CT molecular complexity index is 243. The molecule has 1 saturated heterocycles. The van der Waals surface area contributed by atoms with Gasteiger partial charge in [0.25, 0.3) is 0 Å². The minimum atomic E-state index is -0.383. The van der Waals surface area contributed by atoms with Crippen LogP contribution < -0.4 is 5.32 Å². The van der Waals surface area contributed by atoms with E-state index in [2.05, 4.69) is 15.3 Å². The van der Waals surface area contributed by atoms with E-state index in [1.54, 1.807) is 0 Å². The van der Waals surface area contributed by atoms with Crippen molar-refractivity contribution in [3.05, 3.63) is 10.4 Å². The van der Waals surface area contributed by atoms with Crippen LogP contribution in [0.25, 0.3) is 10.4 Å². The molecule has 0 aromatic heterocycles. The van der Waals surface area contributed by atoms with Gasteiger partial charge in [0, 0.05) is 32.2 Å². The van der Waals surface area contributed by atoms with E-state index in [4.69, 9.17) is 24.5 Å². The zero-order chi connectivity index (χ0) is 12.5. The van der Waals surface area contributed by atoms with Gasteiger partial charge in [0.05, 0.1) is 18.2 Å². The van der Waals surface area contributed by atoms with Gasteiger partial charge in [-0.15, -0.1) is 0 Å². The molecule has 0 aromatic carbocycles. The van der Waals surface area contributed by atoms with Gasteiger partial charge >= 0.3 is 0 Å². The van der Waals surface area contributed by atoms with E-state index in [1.807, 2.05) is 0 Å². The number of methoxy groups -OCH3 is 2. The van der Waals surface area contributed by atoms with Gasteiger partial charge in [0.15, 0.2) is 0 Å². The summed E-state index contributed by atoms with van der Waals surface area (Å²) in [7, 11) is 3.08. The SMILES string of the molecule is COCOC1CNCC(OCOC)C1N=[N+]=[N-]. The molecule has 8 nitrogen and oxygen atoms in total. The number of azide groups is 1. The molecule has 0 bridgehead atoms. The van der Waals surface area contributed by atoms with Crippen molar-refractivity contribution < 1.29 is 18.9 Å². The van der Waals surface area contributed by atoms with E-state index in [0.717, 1.165) is 0 Å². The van der Waals surface area contributed by atoms with Crippen molar-refractivity contribution in [1.82, 2.24) is 5.32 Å². The van der Waals surface area contributed by atoms with Gasteiger partial charge in [-0.25, -0.2) is 0 Å². The molecular formula is C9H18N4O4. The van der Waals surface area contributed by atoms with Crippen LogP contribution in [0.2, 0.25) is 0 Å². The predicted molar refractivity (Wildman–Crippen MR) is 59.3 cm³/mol. The maximum atomic E-state index is 8.57. The van der Waals surface area contributed by atoms with Crippen molar-refractivity contribution in [3.63, 3.8) is 0 Å². The molecule has 17 heavy (non-hydrogen) atoms. The highest BCUT2D eigenvalue weighted by Crippen LogP contribution is 2.16. The second-order valence-corrected chi connectivity index (χ2v) is 3.58. The van der Waals surface area contributed by atoms with Crippen molar-refractivity contribution in [3.8, 4) is 0 Å². The molecule has 0 spiro atoms. The molecule has 0 amide bonds. The van der Waals surface area contributed by atoms with Gasteiger partial charge < -0.3 is 24.3 Å². The van der Waals surface area contributed by atoms with Crippen LogP contribution >= 0.6 is 0 Å². The van der Waals surface area contributed by atoms with E-state index in [1.165, 1.54) is 14.2 Å². The predicted octanol–water partition coefficient (Wildman–Crippen LogP) is 0.247. The first-order valence-electron chi connectivity index (χ1n) is 5.29. The van der Waals surface area contributed by atoms with Crippen molar-refractivity contribution in [2.24, 2.45) is 5.11 Å². The number of nitrogens with one attached hydrogen (secondary N) is 1. The van der Waals surface area contributed by atoms with Crippen molar-refractivity contribution in [2.45, 2.75) is 18.2 Å². The summed E-state index contributed by atoms with van der Waals surface area (Å²) in [6, 6.07) is -0.383. The fourth-order valence-electron chi connectivity index (χ4n) is 1.68. The van der Waals surface area contributed by atoms with Gasteiger partial charge in [0.1, 0.15) is 13.6 Å². The van der Waals surface area contributed by atoms with Gasteiger partial charge in [-0.1, -0.05) is 5.11 Å². The van der Waals surface area contributed by atoms with E-state index < -0.39 is 0 Å². The number of hydrogen-bond acceptors (Lipinski definition) is 6. The van der Waals surface area contributed by atoms with E-state index in [-0.39, 0.29) is 31.8 Å². The maximum Gasteiger partial charge on any atom is 0.146 e. The Hall–Kier alpha value is -0.890. The van der Waals surface area contributed by atoms with Crippen molar-refractivity contribution in [1.29, 1.82) is 0 Å². The number of piperidine rings is 1. The summed E-state index contributed by atoms with van der Waals surface area (Å²) in [4.78, 5) is 2.83. The first-order chi connectivity index (χ1) is 8.33. The molecule has 0 aliphatic carbocycles. The van der Waals surface area contributed by atoms with Crippen LogP contribution in [0.15, 0.2) is 5.11 Å². The van der Waals surface area contributed by atoms with Crippen LogP contribution in [0.5, 0.6) is 0 Å². The smallest absolute Gasteiger partial charge is 0.146 e. The summed E-state index contributed by atoms with van der Waals surface area (Å²) in [5.41, 5.74) is 8.57. The summed E-state index contributed by atoms with van der Waals surface area (Å²) in [5.74, 6) is 0. The van der Waals surface area contributed by atoms with Gasteiger partial charge in [-0.3, -0.25) is 0 Å². The average Bonchev–Trinajstić information content (AvgIpc) is 2.36. The zero-order valence-electron chi connectivity index (χ0n) is 10.0. The molecule has 2 unspecified atom stereocenters. The van der Waals surface area contributed by atoms with Crippen LogP contribution in [0.1, 0.15) is 0 Å². The van der Waals surface area contributed by atoms with Crippen LogP contribution in [-0.2, 0) is 18.9 Å². The van der Waals surface area contributed by atoms with E-state index in [9.17, 15) is 0 Å². The molecule has 0 aromatic rings. The minimum absolute atomic E-state index is 0.154. The Morgan fingerprint density at radius 3 is 2.12 bits per heavy atom. The van der Waals surface area contributed by atoms with Crippen LogP contribution in [0.3, 0.4) is 0 Å². The lowest BCUT2D eigenvalue weighted by Gasteiger charge is -2.35. The Morgan fingerprint density at radius 2 is 1.71 bits per heavy atom. The van der Waals surface area contributed by atoms with Crippen LogP contribution in [-0.4, -0.2) is 59.1 Å². The highest BCUT2D eigenvalue weighted by molar-refractivity contribution is 4.92. The third kappa shape index (κ3) is 4.47. The molecule has 1 aliphatic heterocycles. The second kappa shape index (κ2) is 8.24. The average molecular weight is 246 g/mol. The Morgan fingerprint density at radius 1 is 1.18 bits per heavy atom. The van der Waals surface area contributed by atoms with E-state index >= 15 is 0 Å². The first-order valence-corrected chi connectivity index (χ1v) is 5.29. The molecule has 1 N–H and O–H groups in total. The molecule has 8 heteroatoms. The number of rotatable bonds is 7. The maximum absolute atomic E-state index is 8.57. The van der Waals surface area contributed by atoms with Gasteiger partial charge in [0.2, 0.25) is 0 Å². The first kappa shape index (κ1) is 14.2. The summed E-state index contributed by atoms with van der Waals surface area (Å²) in [5, 5.41) is 6.88. The standard InChI is InChI=1S/C9H18N4O4/c1-14-5-16-7-3-11-4-8(17-6-15-2)9(7)12-13-10/h7-9,11H,3-6H2,1-2H3. The monoisotopic (exact) mass is 246 g/mol. The third-order valence-electron chi connectivity index (χ3n) is 2.44. The Kier molecular flexibility index (Phi) is 6.87. The Labute approximate surface area is 99.8 Å². The van der Waals surface area contributed by atoms with Crippen LogP contribution in [0, 0.1) is 0 Å². The fraction of sp³-hybridized carbons (Fsp3) is 1.00. The van der Waals surface area contributed by atoms with Gasteiger partial charge in [-0.2, -0.15) is 0 Å². The molecular weight excluding hydrogens is 228 g/mol. The second-order valence-electron chi connectivity index (χ2n) is 3.58. The lowest BCUT2D eigenvalue weighted by Crippen LogP contribution is -2.54. The molecule has 1 aliphatic rings. The molecule has 1 heterocycles. The summed E-state index contributed by atoms with van der Waals surface area (Å²) in [6.45, 7) is 1.50. The highest BCUT2D eigenvalue weighted by atomic mass is 16.7. The van der Waals surface area contributed by atoms with Gasteiger partial charge in [-0.05, 0) is 5.53 Å².